The maximum absolute atomic E-state index is 12.1. The zero-order valence-electron chi connectivity index (χ0n) is 22.1. The molecule has 0 saturated carbocycles. The number of esters is 1. The van der Waals surface area contributed by atoms with Crippen LogP contribution in [0.15, 0.2) is 43.5 Å². The summed E-state index contributed by atoms with van der Waals surface area (Å²) in [5, 5.41) is 13.1. The summed E-state index contributed by atoms with van der Waals surface area (Å²) in [6.07, 6.45) is 9.52. The van der Waals surface area contributed by atoms with Crippen LogP contribution in [-0.2, 0) is 9.53 Å². The van der Waals surface area contributed by atoms with Crippen molar-refractivity contribution in [1.82, 2.24) is 20.2 Å². The number of nitrogens with zero attached hydrogens (tertiary/aromatic N) is 5. The lowest BCUT2D eigenvalue weighted by molar-refractivity contribution is -0.148. The Morgan fingerprint density at radius 3 is 2.31 bits per heavy atom. The molecule has 0 radical (unpaired) electrons. The van der Waals surface area contributed by atoms with Crippen LogP contribution < -0.4 is 20.6 Å². The highest BCUT2D eigenvalue weighted by Crippen LogP contribution is 2.34. The first kappa shape index (κ1) is 29.0. The van der Waals surface area contributed by atoms with E-state index in [9.17, 15) is 10.0 Å². The van der Waals surface area contributed by atoms with Gasteiger partial charge in [-0.3, -0.25) is 15.5 Å². The fourth-order valence-electron chi connectivity index (χ4n) is 4.33. The minimum atomic E-state index is -0.131. The number of piperidine rings is 1. The summed E-state index contributed by atoms with van der Waals surface area (Å²) in [6.45, 7) is 19.4. The fourth-order valence-corrected chi connectivity index (χ4v) is 4.33. The van der Waals surface area contributed by atoms with Crippen molar-refractivity contribution in [3.63, 3.8) is 0 Å². The standard InChI is InChI=1S/C24H37N7O3.C2H6/c1-4-10-25-11-6-7-19(3)29-14-16-31(17-15-29)23-21(28-33)22(26-18-27-23)30-12-8-20(9-13-30)24(32)34-5-2;1-2/h4,6,11,18,20,25,28,33H,1,3,5,7-10,12-17H2,2H3;1-2H3/b11-6-;. The zero-order valence-corrected chi connectivity index (χ0v) is 22.1. The normalized spacial score (nSPS) is 16.3. The third-order valence-electron chi connectivity index (χ3n) is 6.21. The number of carbonyl (C=O) groups excluding carboxylic acids is 1. The second-order valence-electron chi connectivity index (χ2n) is 8.36. The molecule has 0 amide bonds. The Hall–Kier alpha value is -3.27. The number of anilines is 3. The van der Waals surface area contributed by atoms with Crippen LogP contribution in [0.25, 0.3) is 0 Å². The molecule has 0 aliphatic carbocycles. The Morgan fingerprint density at radius 1 is 1.14 bits per heavy atom. The molecular weight excluding hydrogens is 458 g/mol. The van der Waals surface area contributed by atoms with Gasteiger partial charge in [-0.25, -0.2) is 9.97 Å². The molecule has 1 aromatic heterocycles. The molecule has 3 rings (SSSR count). The highest BCUT2D eigenvalue weighted by atomic mass is 16.5. The quantitative estimate of drug-likeness (QED) is 0.181. The monoisotopic (exact) mass is 501 g/mol. The van der Waals surface area contributed by atoms with Gasteiger partial charge in [-0.2, -0.15) is 0 Å². The average molecular weight is 502 g/mol. The molecule has 0 atom stereocenters. The molecule has 200 valence electrons. The SMILES string of the molecule is C=CCN/C=C\CC(=C)N1CCN(c2ncnc(N3CCC(C(=O)OCC)CC3)c2NO)CC1.CC. The van der Waals surface area contributed by atoms with Gasteiger partial charge in [-0.15, -0.1) is 6.58 Å². The van der Waals surface area contributed by atoms with Crippen LogP contribution in [0.5, 0.6) is 0 Å². The second kappa shape index (κ2) is 15.7. The smallest absolute Gasteiger partial charge is 0.309 e. The van der Waals surface area contributed by atoms with Crippen molar-refractivity contribution in [3.8, 4) is 0 Å². The van der Waals surface area contributed by atoms with E-state index in [1.54, 1.807) is 0 Å². The van der Waals surface area contributed by atoms with E-state index in [1.165, 1.54) is 6.33 Å². The van der Waals surface area contributed by atoms with Crippen molar-refractivity contribution in [1.29, 1.82) is 0 Å². The largest absolute Gasteiger partial charge is 0.466 e. The average Bonchev–Trinajstić information content (AvgIpc) is 2.93. The first-order valence-corrected chi connectivity index (χ1v) is 12.9. The van der Waals surface area contributed by atoms with Crippen molar-refractivity contribution in [2.75, 3.05) is 67.7 Å². The lowest BCUT2D eigenvalue weighted by Crippen LogP contribution is -2.46. The number of hydrogen-bond acceptors (Lipinski definition) is 10. The maximum Gasteiger partial charge on any atom is 0.309 e. The first-order valence-electron chi connectivity index (χ1n) is 12.9. The molecule has 10 nitrogen and oxygen atoms in total. The molecule has 10 heteroatoms. The molecule has 0 unspecified atom stereocenters. The summed E-state index contributed by atoms with van der Waals surface area (Å²) in [6, 6.07) is 0. The van der Waals surface area contributed by atoms with Crippen LogP contribution in [0.3, 0.4) is 0 Å². The van der Waals surface area contributed by atoms with Crippen LogP contribution in [0.4, 0.5) is 17.3 Å². The van der Waals surface area contributed by atoms with E-state index >= 15 is 0 Å². The molecule has 0 aromatic carbocycles. The van der Waals surface area contributed by atoms with Crippen molar-refractivity contribution >= 4 is 23.3 Å². The Kier molecular flexibility index (Phi) is 12.6. The molecule has 2 aliphatic rings. The van der Waals surface area contributed by atoms with Gasteiger partial charge in [0, 0.05) is 57.9 Å². The fraction of sp³-hybridized carbons (Fsp3) is 0.577. The first-order chi connectivity index (χ1) is 17.6. The van der Waals surface area contributed by atoms with Crippen LogP contribution in [0.1, 0.15) is 40.0 Å². The van der Waals surface area contributed by atoms with Gasteiger partial charge < -0.3 is 24.8 Å². The van der Waals surface area contributed by atoms with Crippen molar-refractivity contribution in [2.24, 2.45) is 5.92 Å². The molecule has 36 heavy (non-hydrogen) atoms. The summed E-state index contributed by atoms with van der Waals surface area (Å²) < 4.78 is 5.17. The van der Waals surface area contributed by atoms with Crippen LogP contribution >= 0.6 is 0 Å². The van der Waals surface area contributed by atoms with Gasteiger partial charge in [-0.05, 0) is 26.0 Å². The van der Waals surface area contributed by atoms with Gasteiger partial charge in [0.2, 0.25) is 0 Å². The number of nitrogens with one attached hydrogen (secondary N) is 2. The van der Waals surface area contributed by atoms with E-state index in [-0.39, 0.29) is 11.9 Å². The van der Waals surface area contributed by atoms with E-state index in [0.29, 0.717) is 49.9 Å². The third-order valence-corrected chi connectivity index (χ3v) is 6.21. The summed E-state index contributed by atoms with van der Waals surface area (Å²) in [4.78, 5) is 27.5. The van der Waals surface area contributed by atoms with Crippen molar-refractivity contribution < 1.29 is 14.7 Å². The van der Waals surface area contributed by atoms with Gasteiger partial charge in [0.25, 0.3) is 0 Å². The Bertz CT molecular complexity index is 861. The Labute approximate surface area is 215 Å². The molecular formula is C26H43N7O3. The highest BCUT2D eigenvalue weighted by molar-refractivity contribution is 5.78. The van der Waals surface area contributed by atoms with Gasteiger partial charge in [0.15, 0.2) is 11.6 Å². The number of aromatic nitrogens is 2. The molecule has 3 N–H and O–H groups in total. The number of carbonyl (C=O) groups is 1. The van der Waals surface area contributed by atoms with E-state index in [0.717, 1.165) is 44.8 Å². The van der Waals surface area contributed by atoms with Gasteiger partial charge in [-0.1, -0.05) is 32.6 Å². The number of hydrogen-bond donors (Lipinski definition) is 3. The number of rotatable bonds is 11. The Morgan fingerprint density at radius 2 is 1.75 bits per heavy atom. The van der Waals surface area contributed by atoms with Crippen LogP contribution in [0, 0.1) is 5.92 Å². The van der Waals surface area contributed by atoms with E-state index in [4.69, 9.17) is 4.74 Å². The summed E-state index contributed by atoms with van der Waals surface area (Å²) in [5.74, 6) is 1.11. The zero-order chi connectivity index (χ0) is 26.3. The van der Waals surface area contributed by atoms with Gasteiger partial charge in [0.1, 0.15) is 12.0 Å². The van der Waals surface area contributed by atoms with E-state index < -0.39 is 0 Å². The number of ether oxygens (including phenoxy) is 1. The summed E-state index contributed by atoms with van der Waals surface area (Å²) in [7, 11) is 0. The molecule has 1 aromatic rings. The van der Waals surface area contributed by atoms with Gasteiger partial charge in [0.05, 0.1) is 12.5 Å². The molecule has 2 fully saturated rings. The predicted octanol–water partition coefficient (Wildman–Crippen LogP) is 3.40. The predicted molar refractivity (Wildman–Crippen MR) is 145 cm³/mol. The minimum Gasteiger partial charge on any atom is -0.466 e. The van der Waals surface area contributed by atoms with Crippen molar-refractivity contribution in [2.45, 2.75) is 40.0 Å². The minimum absolute atomic E-state index is 0.0863. The van der Waals surface area contributed by atoms with E-state index in [1.807, 2.05) is 33.0 Å². The topological polar surface area (TPSA) is 106 Å². The number of allylic oxidation sites excluding steroid dienone is 1. The molecule has 0 spiro atoms. The summed E-state index contributed by atoms with van der Waals surface area (Å²) >= 11 is 0. The summed E-state index contributed by atoms with van der Waals surface area (Å²) in [5.41, 5.74) is 3.91. The molecule has 3 heterocycles. The molecule has 2 saturated heterocycles. The molecule has 2 aliphatic heterocycles. The van der Waals surface area contributed by atoms with E-state index in [2.05, 4.69) is 54.7 Å². The molecule has 0 bridgehead atoms. The van der Waals surface area contributed by atoms with Gasteiger partial charge >= 0.3 is 5.97 Å². The number of piperazine rings is 1. The lowest BCUT2D eigenvalue weighted by Gasteiger charge is -2.38. The third kappa shape index (κ3) is 7.87. The van der Waals surface area contributed by atoms with Crippen LogP contribution in [-0.4, -0.2) is 78.5 Å². The second-order valence-corrected chi connectivity index (χ2v) is 8.36. The maximum atomic E-state index is 12.1. The highest BCUT2D eigenvalue weighted by Gasteiger charge is 2.30. The van der Waals surface area contributed by atoms with Crippen LogP contribution in [0.2, 0.25) is 0 Å². The lowest BCUT2D eigenvalue weighted by atomic mass is 9.97. The Balaban J connectivity index is 0.00000222. The van der Waals surface area contributed by atoms with Crippen molar-refractivity contribution in [3.05, 3.63) is 43.5 Å².